The summed E-state index contributed by atoms with van der Waals surface area (Å²) in [5.74, 6) is -0.218. The average Bonchev–Trinajstić information content (AvgIpc) is 2.91. The highest BCUT2D eigenvalue weighted by molar-refractivity contribution is 7.10. The van der Waals surface area contributed by atoms with E-state index in [0.717, 1.165) is 4.88 Å². The molecule has 2 aromatic heterocycles. The first-order valence-corrected chi connectivity index (χ1v) is 5.35. The molecule has 1 amide bonds. The van der Waals surface area contributed by atoms with Crippen LogP contribution in [0.25, 0.3) is 0 Å². The first-order chi connectivity index (χ1) is 7.27. The number of thiophene rings is 1. The summed E-state index contributed by atoms with van der Waals surface area (Å²) >= 11 is 1.61. The molecule has 0 saturated heterocycles. The molecule has 6 heteroatoms. The van der Waals surface area contributed by atoms with Gasteiger partial charge < -0.3 is 5.32 Å². The van der Waals surface area contributed by atoms with Crippen LogP contribution in [0.1, 0.15) is 28.3 Å². The molecule has 2 N–H and O–H groups in total. The molecule has 78 valence electrons. The summed E-state index contributed by atoms with van der Waals surface area (Å²) in [6.45, 7) is 1.93. The summed E-state index contributed by atoms with van der Waals surface area (Å²) < 4.78 is 0. The lowest BCUT2D eigenvalue weighted by atomic mass is 10.2. The Morgan fingerprint density at radius 2 is 2.53 bits per heavy atom. The van der Waals surface area contributed by atoms with Crippen molar-refractivity contribution in [3.05, 3.63) is 34.3 Å². The SMILES string of the molecule is CC(NC(=O)c1cn[nH]n1)c1cccs1. The van der Waals surface area contributed by atoms with Crippen LogP contribution in [-0.4, -0.2) is 21.3 Å². The van der Waals surface area contributed by atoms with E-state index in [9.17, 15) is 4.79 Å². The third-order valence-electron chi connectivity index (χ3n) is 1.97. The largest absolute Gasteiger partial charge is 0.343 e. The Morgan fingerprint density at radius 1 is 1.67 bits per heavy atom. The molecule has 0 spiro atoms. The number of hydrogen-bond donors (Lipinski definition) is 2. The third-order valence-corrected chi connectivity index (χ3v) is 3.02. The van der Waals surface area contributed by atoms with Crippen molar-refractivity contribution in [2.24, 2.45) is 0 Å². The Bertz CT molecular complexity index is 423. The van der Waals surface area contributed by atoms with E-state index in [2.05, 4.69) is 20.7 Å². The molecule has 0 saturated carbocycles. The number of nitrogens with one attached hydrogen (secondary N) is 2. The van der Waals surface area contributed by atoms with Gasteiger partial charge in [0.25, 0.3) is 5.91 Å². The van der Waals surface area contributed by atoms with E-state index < -0.39 is 0 Å². The zero-order valence-electron chi connectivity index (χ0n) is 8.10. The first kappa shape index (κ1) is 9.85. The van der Waals surface area contributed by atoms with Crippen LogP contribution in [0.2, 0.25) is 0 Å². The molecule has 0 fully saturated rings. The molecule has 0 aliphatic rings. The van der Waals surface area contributed by atoms with Crippen LogP contribution < -0.4 is 5.32 Å². The standard InChI is InChI=1S/C9H10N4OS/c1-6(8-3-2-4-15-8)11-9(14)7-5-10-13-12-7/h2-6H,1H3,(H,11,14)(H,10,12,13). The second-order valence-corrected chi connectivity index (χ2v) is 4.05. The van der Waals surface area contributed by atoms with Crippen molar-refractivity contribution in [2.75, 3.05) is 0 Å². The fraction of sp³-hybridized carbons (Fsp3) is 0.222. The van der Waals surface area contributed by atoms with Crippen LogP contribution >= 0.6 is 11.3 Å². The van der Waals surface area contributed by atoms with Crippen LogP contribution in [0.3, 0.4) is 0 Å². The van der Waals surface area contributed by atoms with E-state index in [1.165, 1.54) is 6.20 Å². The van der Waals surface area contributed by atoms with Crippen LogP contribution in [0.15, 0.2) is 23.7 Å². The lowest BCUT2D eigenvalue weighted by Gasteiger charge is -2.10. The van der Waals surface area contributed by atoms with Crippen molar-refractivity contribution in [2.45, 2.75) is 13.0 Å². The number of aromatic amines is 1. The maximum Gasteiger partial charge on any atom is 0.273 e. The molecule has 0 aliphatic heterocycles. The van der Waals surface area contributed by atoms with E-state index in [0.29, 0.717) is 5.69 Å². The van der Waals surface area contributed by atoms with Gasteiger partial charge in [-0.05, 0) is 18.4 Å². The lowest BCUT2D eigenvalue weighted by molar-refractivity contribution is 0.0935. The van der Waals surface area contributed by atoms with Crippen molar-refractivity contribution in [3.8, 4) is 0 Å². The number of H-pyrrole nitrogens is 1. The summed E-state index contributed by atoms with van der Waals surface area (Å²) in [5, 5.41) is 14.5. The number of rotatable bonds is 3. The van der Waals surface area contributed by atoms with Crippen LogP contribution in [-0.2, 0) is 0 Å². The predicted octanol–water partition coefficient (Wildman–Crippen LogP) is 1.36. The van der Waals surface area contributed by atoms with Gasteiger partial charge in [-0.3, -0.25) is 4.79 Å². The van der Waals surface area contributed by atoms with E-state index in [-0.39, 0.29) is 11.9 Å². The van der Waals surface area contributed by atoms with Crippen LogP contribution in [0, 0.1) is 0 Å². The Morgan fingerprint density at radius 3 is 3.13 bits per heavy atom. The molecule has 1 unspecified atom stereocenters. The van der Waals surface area contributed by atoms with Gasteiger partial charge in [0.1, 0.15) is 0 Å². The molecule has 0 aromatic carbocycles. The van der Waals surface area contributed by atoms with E-state index >= 15 is 0 Å². The van der Waals surface area contributed by atoms with E-state index in [1.54, 1.807) is 11.3 Å². The molecule has 2 heterocycles. The third kappa shape index (κ3) is 2.21. The molecular weight excluding hydrogens is 212 g/mol. The van der Waals surface area contributed by atoms with Crippen molar-refractivity contribution < 1.29 is 4.79 Å². The minimum atomic E-state index is -0.218. The predicted molar refractivity (Wildman–Crippen MR) is 56.6 cm³/mol. The fourth-order valence-corrected chi connectivity index (χ4v) is 1.92. The smallest absolute Gasteiger partial charge is 0.273 e. The Hall–Kier alpha value is -1.69. The van der Waals surface area contributed by atoms with Gasteiger partial charge in [0.15, 0.2) is 5.69 Å². The number of aromatic nitrogens is 3. The summed E-state index contributed by atoms with van der Waals surface area (Å²) in [5.41, 5.74) is 0.304. The van der Waals surface area contributed by atoms with Crippen LogP contribution in [0.4, 0.5) is 0 Å². The van der Waals surface area contributed by atoms with Gasteiger partial charge in [-0.15, -0.1) is 11.3 Å². The number of carbonyl (C=O) groups excluding carboxylic acids is 1. The summed E-state index contributed by atoms with van der Waals surface area (Å²) in [6.07, 6.45) is 1.40. The normalized spacial score (nSPS) is 12.3. The molecule has 1 atom stereocenters. The summed E-state index contributed by atoms with van der Waals surface area (Å²) in [7, 11) is 0. The van der Waals surface area contributed by atoms with Gasteiger partial charge in [-0.25, -0.2) is 0 Å². The molecule has 0 bridgehead atoms. The second kappa shape index (κ2) is 4.22. The maximum atomic E-state index is 11.6. The fourth-order valence-electron chi connectivity index (χ4n) is 1.19. The monoisotopic (exact) mass is 222 g/mol. The Balaban J connectivity index is 2.01. The molecule has 2 rings (SSSR count). The van der Waals surface area contributed by atoms with E-state index in [4.69, 9.17) is 0 Å². The quantitative estimate of drug-likeness (QED) is 0.823. The Kier molecular flexibility index (Phi) is 2.77. The van der Waals surface area contributed by atoms with Crippen molar-refractivity contribution in [1.29, 1.82) is 0 Å². The van der Waals surface area contributed by atoms with Gasteiger partial charge in [0, 0.05) is 4.88 Å². The number of nitrogens with zero attached hydrogens (tertiary/aromatic N) is 2. The lowest BCUT2D eigenvalue weighted by Crippen LogP contribution is -2.26. The molecular formula is C9H10N4OS. The second-order valence-electron chi connectivity index (χ2n) is 3.07. The van der Waals surface area contributed by atoms with Crippen molar-refractivity contribution in [3.63, 3.8) is 0 Å². The summed E-state index contributed by atoms with van der Waals surface area (Å²) in [6, 6.07) is 3.94. The molecule has 15 heavy (non-hydrogen) atoms. The van der Waals surface area contributed by atoms with Gasteiger partial charge in [-0.1, -0.05) is 6.07 Å². The number of carbonyl (C=O) groups is 1. The van der Waals surface area contributed by atoms with Gasteiger partial charge in [-0.2, -0.15) is 15.4 Å². The topological polar surface area (TPSA) is 70.7 Å². The first-order valence-electron chi connectivity index (χ1n) is 4.47. The average molecular weight is 222 g/mol. The number of amides is 1. The minimum absolute atomic E-state index is 0.00537. The van der Waals surface area contributed by atoms with Crippen LogP contribution in [0.5, 0.6) is 0 Å². The highest BCUT2D eigenvalue weighted by Gasteiger charge is 2.13. The highest BCUT2D eigenvalue weighted by atomic mass is 32.1. The molecule has 0 radical (unpaired) electrons. The highest BCUT2D eigenvalue weighted by Crippen LogP contribution is 2.18. The number of hydrogen-bond acceptors (Lipinski definition) is 4. The zero-order chi connectivity index (χ0) is 10.7. The molecule has 5 nitrogen and oxygen atoms in total. The minimum Gasteiger partial charge on any atom is -0.343 e. The zero-order valence-corrected chi connectivity index (χ0v) is 8.91. The van der Waals surface area contributed by atoms with E-state index in [1.807, 2.05) is 24.4 Å². The Labute approximate surface area is 90.5 Å². The molecule has 2 aromatic rings. The van der Waals surface area contributed by atoms with Crippen molar-refractivity contribution >= 4 is 17.2 Å². The van der Waals surface area contributed by atoms with Gasteiger partial charge >= 0.3 is 0 Å². The maximum absolute atomic E-state index is 11.6. The summed E-state index contributed by atoms with van der Waals surface area (Å²) in [4.78, 5) is 12.7. The van der Waals surface area contributed by atoms with Crippen molar-refractivity contribution in [1.82, 2.24) is 20.7 Å². The molecule has 0 aliphatic carbocycles. The van der Waals surface area contributed by atoms with Gasteiger partial charge in [0.2, 0.25) is 0 Å². The van der Waals surface area contributed by atoms with Gasteiger partial charge in [0.05, 0.1) is 12.2 Å².